The van der Waals surface area contributed by atoms with Gasteiger partial charge in [-0.2, -0.15) is 11.8 Å². The van der Waals surface area contributed by atoms with Crippen LogP contribution in [0.1, 0.15) is 38.3 Å². The van der Waals surface area contributed by atoms with Gasteiger partial charge in [-0.3, -0.25) is 0 Å². The number of para-hydroxylation sites is 1. The van der Waals surface area contributed by atoms with Crippen molar-refractivity contribution in [3.05, 3.63) is 29.8 Å². The molecule has 0 radical (unpaired) electrons. The average Bonchev–Trinajstić information content (AvgIpc) is 2.39. The molecule has 0 aromatic heterocycles. The van der Waals surface area contributed by atoms with Crippen LogP contribution in [0.2, 0.25) is 0 Å². The van der Waals surface area contributed by atoms with Crippen LogP contribution in [0.3, 0.4) is 0 Å². The van der Waals surface area contributed by atoms with Crippen LogP contribution in [0.15, 0.2) is 24.3 Å². The summed E-state index contributed by atoms with van der Waals surface area (Å²) in [6.07, 6.45) is 2.31. The Bertz CT molecular complexity index is 369. The normalized spacial score (nSPS) is 20.0. The Morgan fingerprint density at radius 3 is 3.11 bits per heavy atom. The molecular formula is C15H23NOS. The van der Waals surface area contributed by atoms with Crippen LogP contribution in [-0.4, -0.2) is 24.2 Å². The second kappa shape index (κ2) is 7.05. The maximum atomic E-state index is 5.69. The van der Waals surface area contributed by atoms with E-state index < -0.39 is 0 Å². The number of thioether (sulfide) groups is 1. The number of nitrogens with one attached hydrogen (secondary N) is 1. The number of benzene rings is 1. The lowest BCUT2D eigenvalue weighted by Gasteiger charge is -2.29. The summed E-state index contributed by atoms with van der Waals surface area (Å²) in [6, 6.07) is 9.42. The predicted octanol–water partition coefficient (Wildman–Crippen LogP) is 3.63. The van der Waals surface area contributed by atoms with Crippen molar-refractivity contribution in [2.45, 2.75) is 38.8 Å². The van der Waals surface area contributed by atoms with Gasteiger partial charge in [0.2, 0.25) is 0 Å². The van der Waals surface area contributed by atoms with E-state index in [1.165, 1.54) is 23.5 Å². The topological polar surface area (TPSA) is 21.3 Å². The van der Waals surface area contributed by atoms with E-state index in [9.17, 15) is 0 Å². The van der Waals surface area contributed by atoms with Gasteiger partial charge in [-0.15, -0.1) is 0 Å². The Labute approximate surface area is 114 Å². The summed E-state index contributed by atoms with van der Waals surface area (Å²) in [4.78, 5) is 0. The number of ether oxygens (including phenoxy) is 1. The molecule has 0 bridgehead atoms. The lowest BCUT2D eigenvalue weighted by atomic mass is 9.99. The minimum atomic E-state index is 0.455. The van der Waals surface area contributed by atoms with E-state index in [1.54, 1.807) is 0 Å². The van der Waals surface area contributed by atoms with Crippen molar-refractivity contribution in [1.29, 1.82) is 0 Å². The maximum absolute atomic E-state index is 5.69. The van der Waals surface area contributed by atoms with Crippen molar-refractivity contribution in [3.8, 4) is 5.75 Å². The fourth-order valence-corrected chi connectivity index (χ4v) is 3.16. The van der Waals surface area contributed by atoms with E-state index in [4.69, 9.17) is 4.74 Å². The minimum absolute atomic E-state index is 0.455. The molecule has 0 aliphatic carbocycles. The highest BCUT2D eigenvalue weighted by molar-refractivity contribution is 7.99. The summed E-state index contributed by atoms with van der Waals surface area (Å²) in [7, 11) is 0. The van der Waals surface area contributed by atoms with Gasteiger partial charge in [0.1, 0.15) is 5.75 Å². The maximum Gasteiger partial charge on any atom is 0.124 e. The molecule has 2 rings (SSSR count). The number of hydrogen-bond donors (Lipinski definition) is 1. The molecule has 2 atom stereocenters. The summed E-state index contributed by atoms with van der Waals surface area (Å²) in [6.45, 7) is 5.33. The van der Waals surface area contributed by atoms with Gasteiger partial charge in [0.25, 0.3) is 0 Å². The molecule has 3 heteroatoms. The Balaban J connectivity index is 1.90. The molecule has 1 aromatic rings. The van der Waals surface area contributed by atoms with Crippen LogP contribution in [0.25, 0.3) is 0 Å². The second-order valence-corrected chi connectivity index (χ2v) is 6.17. The second-order valence-electron chi connectivity index (χ2n) is 4.78. The largest absolute Gasteiger partial charge is 0.493 e. The lowest BCUT2D eigenvalue weighted by molar-refractivity contribution is 0.245. The number of hydrogen-bond acceptors (Lipinski definition) is 3. The standard InChI is InChI=1S/C15H23NOS/c1-3-18-11-9-12(2)16-14-8-10-17-15-7-5-4-6-13(14)15/h4-7,12,14,16H,3,8-11H2,1-2H3. The molecule has 0 spiro atoms. The van der Waals surface area contributed by atoms with Crippen LogP contribution < -0.4 is 10.1 Å². The van der Waals surface area contributed by atoms with Crippen LogP contribution in [0, 0.1) is 0 Å². The highest BCUT2D eigenvalue weighted by Gasteiger charge is 2.21. The first-order chi connectivity index (χ1) is 8.81. The Kier molecular flexibility index (Phi) is 5.39. The minimum Gasteiger partial charge on any atom is -0.493 e. The third kappa shape index (κ3) is 3.66. The SMILES string of the molecule is CCSCCC(C)NC1CCOc2ccccc21. The van der Waals surface area contributed by atoms with Gasteiger partial charge in [-0.1, -0.05) is 25.1 Å². The van der Waals surface area contributed by atoms with Gasteiger partial charge in [-0.25, -0.2) is 0 Å². The van der Waals surface area contributed by atoms with E-state index in [2.05, 4.69) is 37.4 Å². The molecule has 1 aliphatic rings. The first-order valence-electron chi connectivity index (χ1n) is 6.86. The van der Waals surface area contributed by atoms with Gasteiger partial charge in [-0.05, 0) is 30.9 Å². The van der Waals surface area contributed by atoms with Crippen molar-refractivity contribution in [2.24, 2.45) is 0 Å². The van der Waals surface area contributed by atoms with Crippen molar-refractivity contribution in [3.63, 3.8) is 0 Å². The van der Waals surface area contributed by atoms with Gasteiger partial charge < -0.3 is 10.1 Å². The molecule has 1 N–H and O–H groups in total. The van der Waals surface area contributed by atoms with E-state index in [0.717, 1.165) is 18.8 Å². The van der Waals surface area contributed by atoms with Crippen molar-refractivity contribution >= 4 is 11.8 Å². The average molecular weight is 265 g/mol. The van der Waals surface area contributed by atoms with Crippen LogP contribution in [0.5, 0.6) is 5.75 Å². The quantitative estimate of drug-likeness (QED) is 0.794. The first kappa shape index (κ1) is 13.8. The lowest BCUT2D eigenvalue weighted by Crippen LogP contribution is -2.34. The molecule has 1 heterocycles. The zero-order chi connectivity index (χ0) is 12.8. The van der Waals surface area contributed by atoms with Gasteiger partial charge in [0.15, 0.2) is 0 Å². The predicted molar refractivity (Wildman–Crippen MR) is 79.5 cm³/mol. The molecule has 1 aliphatic heterocycles. The van der Waals surface area contributed by atoms with Crippen molar-refractivity contribution in [1.82, 2.24) is 5.32 Å². The Morgan fingerprint density at radius 2 is 2.28 bits per heavy atom. The highest BCUT2D eigenvalue weighted by Crippen LogP contribution is 2.31. The monoisotopic (exact) mass is 265 g/mol. The molecule has 2 unspecified atom stereocenters. The van der Waals surface area contributed by atoms with Crippen LogP contribution in [0.4, 0.5) is 0 Å². The Morgan fingerprint density at radius 1 is 1.44 bits per heavy atom. The molecule has 2 nitrogen and oxygen atoms in total. The molecule has 1 aromatic carbocycles. The Hall–Kier alpha value is -0.670. The van der Waals surface area contributed by atoms with E-state index in [1.807, 2.05) is 17.8 Å². The summed E-state index contributed by atoms with van der Waals surface area (Å²) < 4.78 is 5.69. The highest BCUT2D eigenvalue weighted by atomic mass is 32.2. The first-order valence-corrected chi connectivity index (χ1v) is 8.02. The third-order valence-corrected chi connectivity index (χ3v) is 4.28. The molecular weight excluding hydrogens is 242 g/mol. The summed E-state index contributed by atoms with van der Waals surface area (Å²) in [5, 5.41) is 3.74. The van der Waals surface area contributed by atoms with E-state index in [0.29, 0.717) is 12.1 Å². The van der Waals surface area contributed by atoms with Gasteiger partial charge in [0, 0.05) is 24.1 Å². The molecule has 0 fully saturated rings. The molecule has 0 saturated carbocycles. The number of rotatable bonds is 6. The van der Waals surface area contributed by atoms with Gasteiger partial charge >= 0.3 is 0 Å². The van der Waals surface area contributed by atoms with Crippen LogP contribution >= 0.6 is 11.8 Å². The van der Waals surface area contributed by atoms with Crippen molar-refractivity contribution in [2.75, 3.05) is 18.1 Å². The molecule has 18 heavy (non-hydrogen) atoms. The third-order valence-electron chi connectivity index (χ3n) is 3.34. The zero-order valence-electron chi connectivity index (χ0n) is 11.3. The summed E-state index contributed by atoms with van der Waals surface area (Å²) in [5.41, 5.74) is 1.32. The van der Waals surface area contributed by atoms with E-state index >= 15 is 0 Å². The zero-order valence-corrected chi connectivity index (χ0v) is 12.1. The van der Waals surface area contributed by atoms with Crippen molar-refractivity contribution < 1.29 is 4.74 Å². The van der Waals surface area contributed by atoms with Gasteiger partial charge in [0.05, 0.1) is 6.61 Å². The van der Waals surface area contributed by atoms with E-state index in [-0.39, 0.29) is 0 Å². The fourth-order valence-electron chi connectivity index (χ4n) is 2.35. The molecule has 100 valence electrons. The molecule has 0 saturated heterocycles. The summed E-state index contributed by atoms with van der Waals surface area (Å²) >= 11 is 2.02. The summed E-state index contributed by atoms with van der Waals surface area (Å²) in [5.74, 6) is 3.51. The van der Waals surface area contributed by atoms with Crippen LogP contribution in [-0.2, 0) is 0 Å². The fraction of sp³-hybridized carbons (Fsp3) is 0.600. The number of fused-ring (bicyclic) bond motifs is 1. The molecule has 0 amide bonds. The smallest absolute Gasteiger partial charge is 0.124 e.